The van der Waals surface area contributed by atoms with Crippen LogP contribution in [0.2, 0.25) is 0 Å². The van der Waals surface area contributed by atoms with Crippen LogP contribution >= 0.6 is 0 Å². The van der Waals surface area contributed by atoms with E-state index in [0.29, 0.717) is 58.1 Å². The van der Waals surface area contributed by atoms with Gasteiger partial charge in [0.2, 0.25) is 17.6 Å². The number of H-pyrrole nitrogens is 1. The molecule has 15 nitrogen and oxygen atoms in total. The number of hydrogen-bond acceptors (Lipinski definition) is 10. The highest BCUT2D eigenvalue weighted by molar-refractivity contribution is 7.90. The van der Waals surface area contributed by atoms with Crippen molar-refractivity contribution in [2.75, 3.05) is 62.5 Å². The van der Waals surface area contributed by atoms with E-state index in [0.717, 1.165) is 84.4 Å². The maximum atomic E-state index is 15.8. The Bertz CT molecular complexity index is 3040. The number of halogens is 3. The van der Waals surface area contributed by atoms with Crippen molar-refractivity contribution in [3.05, 3.63) is 106 Å². The maximum Gasteiger partial charge on any atom is 0.301 e. The van der Waals surface area contributed by atoms with Crippen molar-refractivity contribution in [2.45, 2.75) is 69.6 Å². The fourth-order valence-corrected chi connectivity index (χ4v) is 13.0. The highest BCUT2D eigenvalue weighted by Crippen LogP contribution is 2.53. The number of benzene rings is 3. The third-order valence-electron chi connectivity index (χ3n) is 15.2. The summed E-state index contributed by atoms with van der Waals surface area (Å²) in [6.45, 7) is 4.90. The third kappa shape index (κ3) is 8.20. The number of carbonyl (C=O) groups excluding carboxylic acids is 4. The van der Waals surface area contributed by atoms with Crippen molar-refractivity contribution in [3.8, 4) is 16.9 Å². The zero-order valence-electron chi connectivity index (χ0n) is 37.9. The van der Waals surface area contributed by atoms with Crippen molar-refractivity contribution in [2.24, 2.45) is 11.3 Å². The van der Waals surface area contributed by atoms with Crippen LogP contribution in [0.5, 0.6) is 5.75 Å². The van der Waals surface area contributed by atoms with Crippen molar-refractivity contribution in [1.29, 1.82) is 0 Å². The molecule has 2 aromatic heterocycles. The number of nitrogens with one attached hydrogen (secondary N) is 3. The monoisotopic (exact) mass is 964 g/mol. The van der Waals surface area contributed by atoms with Crippen LogP contribution < -0.4 is 19.7 Å². The number of rotatable bonds is 12. The molecule has 7 heterocycles. The number of fused-ring (bicyclic) bond motifs is 2. The molecule has 19 heteroatoms. The average Bonchev–Trinajstić information content (AvgIpc) is 4.04. The predicted molar refractivity (Wildman–Crippen MR) is 250 cm³/mol. The molecule has 3 N–H and O–H groups in total. The van der Waals surface area contributed by atoms with Crippen molar-refractivity contribution < 1.29 is 45.5 Å². The summed E-state index contributed by atoms with van der Waals surface area (Å²) in [4.78, 5) is 65.5. The molecule has 5 fully saturated rings. The van der Waals surface area contributed by atoms with Gasteiger partial charge < -0.3 is 24.4 Å². The van der Waals surface area contributed by atoms with Gasteiger partial charge in [0.15, 0.2) is 5.82 Å². The number of amides is 3. The molecular weight excluding hydrogens is 914 g/mol. The van der Waals surface area contributed by atoms with Crippen LogP contribution in [0, 0.1) is 23.0 Å². The minimum absolute atomic E-state index is 0.00420. The van der Waals surface area contributed by atoms with Gasteiger partial charge in [0.05, 0.1) is 23.9 Å². The molecule has 5 aliphatic heterocycles. The van der Waals surface area contributed by atoms with Crippen LogP contribution in [0.4, 0.5) is 24.5 Å². The Labute approximate surface area is 396 Å². The summed E-state index contributed by atoms with van der Waals surface area (Å²) < 4.78 is 78.9. The van der Waals surface area contributed by atoms with Gasteiger partial charge in [-0.3, -0.25) is 29.2 Å². The number of aromatic amines is 1. The van der Waals surface area contributed by atoms with Gasteiger partial charge in [-0.2, -0.15) is 12.7 Å². The number of carbonyl (C=O) groups is 4. The number of imide groups is 1. The van der Waals surface area contributed by atoms with Crippen LogP contribution in [-0.2, 0) is 26.3 Å². The van der Waals surface area contributed by atoms with Gasteiger partial charge in [-0.05, 0) is 117 Å². The number of nitrogens with zero attached hydrogens (tertiary/aromatic N) is 5. The minimum Gasteiger partial charge on any atom is -0.496 e. The van der Waals surface area contributed by atoms with E-state index in [1.165, 1.54) is 19.0 Å². The number of piperidine rings is 2. The largest absolute Gasteiger partial charge is 0.496 e. The molecule has 2 atom stereocenters. The van der Waals surface area contributed by atoms with Crippen molar-refractivity contribution in [1.82, 2.24) is 29.4 Å². The summed E-state index contributed by atoms with van der Waals surface area (Å²) in [5, 5.41) is 2.71. The number of hydrogen-bond donors (Lipinski definition) is 3. The van der Waals surface area contributed by atoms with Crippen LogP contribution in [-0.4, -0.2) is 121 Å². The van der Waals surface area contributed by atoms with Crippen LogP contribution in [0.3, 0.4) is 0 Å². The minimum atomic E-state index is -4.36. The first-order chi connectivity index (χ1) is 33.2. The summed E-state index contributed by atoms with van der Waals surface area (Å²) in [6, 6.07) is 15.0. The number of anilines is 2. The fourth-order valence-electron chi connectivity index (χ4n) is 11.7. The third-order valence-corrected chi connectivity index (χ3v) is 16.7. The van der Waals surface area contributed by atoms with E-state index in [9.17, 15) is 32.0 Å². The Morgan fingerprint density at radius 3 is 2.43 bits per heavy atom. The number of aromatic nitrogens is 2. The second-order valence-electron chi connectivity index (χ2n) is 19.7. The summed E-state index contributed by atoms with van der Waals surface area (Å²) >= 11 is 0. The van der Waals surface area contributed by atoms with Crippen molar-refractivity contribution in [3.63, 3.8) is 0 Å². The lowest BCUT2D eigenvalue weighted by Gasteiger charge is -2.60. The maximum absolute atomic E-state index is 15.8. The standard InChI is InChI=1S/C50H51F3N8O7S/c1-68-41-18-31(16-33-24-61(49(65)43(33)41)40-8-9-42(62)56-48(40)64)30-10-13-58(14-11-30)23-28-19-50(20-28)26-59(27-50)35-4-2-29(3-5-35)32-17-36-37(22-55-47(36)54-21-32)46(63)44-38(52)6-7-39(45(44)53)57-69(66,67)60-15-12-34(51)25-60/h2-7,16-18,21-22,28,30,34,40,57H,8-15,19-20,23-27H2,1H3,(H,54,55)(H,56,62,64)/t34-,40?/m1/s1. The lowest BCUT2D eigenvalue weighted by molar-refractivity contribution is -0.136. The fraction of sp³-hybridized carbons (Fsp3) is 0.420. The van der Waals surface area contributed by atoms with Gasteiger partial charge in [-0.25, -0.2) is 18.2 Å². The molecule has 4 saturated heterocycles. The Balaban J connectivity index is 0.677. The van der Waals surface area contributed by atoms with Crippen LogP contribution in [0.15, 0.2) is 67.0 Å². The Morgan fingerprint density at radius 1 is 0.957 bits per heavy atom. The number of likely N-dealkylation sites (tertiary alicyclic amines) is 1. The predicted octanol–water partition coefficient (Wildman–Crippen LogP) is 6.31. The number of ketones is 1. The zero-order chi connectivity index (χ0) is 47.9. The normalized spacial score (nSPS) is 22.2. The van der Waals surface area contributed by atoms with E-state index in [-0.39, 0.29) is 43.3 Å². The van der Waals surface area contributed by atoms with Gasteiger partial charge in [0.1, 0.15) is 29.4 Å². The van der Waals surface area contributed by atoms with Gasteiger partial charge in [0.25, 0.3) is 5.91 Å². The summed E-state index contributed by atoms with van der Waals surface area (Å²) in [7, 11) is -2.78. The Morgan fingerprint density at radius 2 is 1.72 bits per heavy atom. The number of alkyl halides is 1. The van der Waals surface area contributed by atoms with E-state index < -0.39 is 57.0 Å². The Hall–Kier alpha value is -6.31. The zero-order valence-corrected chi connectivity index (χ0v) is 38.7. The smallest absolute Gasteiger partial charge is 0.301 e. The van der Waals surface area contributed by atoms with Gasteiger partial charge >= 0.3 is 10.2 Å². The second-order valence-corrected chi connectivity index (χ2v) is 21.4. The Kier molecular flexibility index (Phi) is 11.3. The van der Waals surface area contributed by atoms with E-state index in [1.807, 2.05) is 22.9 Å². The molecule has 3 aromatic carbocycles. The van der Waals surface area contributed by atoms with E-state index in [1.54, 1.807) is 24.3 Å². The molecule has 1 unspecified atom stereocenters. The molecule has 1 spiro atoms. The van der Waals surface area contributed by atoms with Gasteiger partial charge in [-0.15, -0.1) is 0 Å². The molecular formula is C50H51F3N8O7S. The second kappa shape index (κ2) is 17.3. The van der Waals surface area contributed by atoms with Crippen LogP contribution in [0.25, 0.3) is 22.2 Å². The first-order valence-electron chi connectivity index (χ1n) is 23.5. The number of pyridine rings is 1. The number of ether oxygens (including phenoxy) is 1. The molecule has 0 bridgehead atoms. The summed E-state index contributed by atoms with van der Waals surface area (Å²) in [5.74, 6) is -2.98. The average molecular weight is 965 g/mol. The molecule has 69 heavy (non-hydrogen) atoms. The first-order valence-corrected chi connectivity index (χ1v) is 24.9. The number of methoxy groups -OCH3 is 1. The van der Waals surface area contributed by atoms with E-state index >= 15 is 8.78 Å². The lowest BCUT2D eigenvalue weighted by Crippen LogP contribution is -2.63. The van der Waals surface area contributed by atoms with Crippen LogP contribution in [0.1, 0.15) is 88.3 Å². The molecule has 6 aliphatic rings. The van der Waals surface area contributed by atoms with Crippen molar-refractivity contribution >= 4 is 56.1 Å². The highest BCUT2D eigenvalue weighted by Gasteiger charge is 2.52. The summed E-state index contributed by atoms with van der Waals surface area (Å²) in [6.07, 6.45) is 6.56. The molecule has 5 aromatic rings. The SMILES string of the molecule is COc1cc(C2CCN(CC3CC4(C3)CN(c3ccc(-c5cnc6[nH]cc(C(=O)c7c(F)ccc(NS(=O)(=O)N8CC[C@@H](F)C8)c7F)c6c5)cc3)C4)CC2)cc2c1C(=O)N(C1CCC(=O)NC1=O)C2. The van der Waals surface area contributed by atoms with E-state index in [2.05, 4.69) is 43.3 Å². The van der Waals surface area contributed by atoms with Gasteiger partial charge in [-0.1, -0.05) is 18.2 Å². The molecule has 0 radical (unpaired) electrons. The molecule has 1 aliphatic carbocycles. The first kappa shape index (κ1) is 45.2. The molecule has 3 amide bonds. The molecule has 11 rings (SSSR count). The molecule has 1 saturated carbocycles. The summed E-state index contributed by atoms with van der Waals surface area (Å²) in [5.41, 5.74) is 4.23. The highest BCUT2D eigenvalue weighted by atomic mass is 32.2. The molecule has 360 valence electrons. The van der Waals surface area contributed by atoms with E-state index in [4.69, 9.17) is 4.74 Å². The lowest BCUT2D eigenvalue weighted by atomic mass is 9.57. The van der Waals surface area contributed by atoms with Gasteiger partial charge in [0, 0.05) is 85.7 Å². The quantitative estimate of drug-likeness (QED) is 0.0950. The topological polar surface area (TPSA) is 177 Å².